The standard InChI is InChI=1S/C17H12BrN3O5/c1-9(22)14-15(10-2-5-12(6-3-10)21(25)26)20(17(24)16(14)23)13-7-4-11(18)8-19-13/h2-8,15,23H,1H3/t15-/m0/s1. The number of carbonyl (C=O) groups excluding carboxylic acids is 2. The molecule has 0 aliphatic carbocycles. The van der Waals surface area contributed by atoms with Gasteiger partial charge >= 0.3 is 0 Å². The SMILES string of the molecule is CC(=O)C1=C(O)C(=O)N(c2ccc(Br)cn2)[C@H]1c1ccc([N+](=O)[O-])cc1. The maximum absolute atomic E-state index is 12.6. The number of nitro benzene ring substituents is 1. The Morgan fingerprint density at radius 3 is 2.42 bits per heavy atom. The number of carbonyl (C=O) groups is 2. The highest BCUT2D eigenvalue weighted by molar-refractivity contribution is 9.10. The van der Waals surface area contributed by atoms with Gasteiger partial charge in [-0.3, -0.25) is 24.6 Å². The van der Waals surface area contributed by atoms with Crippen molar-refractivity contribution in [3.63, 3.8) is 0 Å². The van der Waals surface area contributed by atoms with E-state index in [4.69, 9.17) is 0 Å². The predicted octanol–water partition coefficient (Wildman–Crippen LogP) is 3.24. The molecule has 0 spiro atoms. The first-order chi connectivity index (χ1) is 12.3. The molecule has 1 aliphatic rings. The number of hydrogen-bond donors (Lipinski definition) is 1. The molecule has 0 saturated carbocycles. The van der Waals surface area contributed by atoms with Crippen molar-refractivity contribution in [2.24, 2.45) is 0 Å². The van der Waals surface area contributed by atoms with Gasteiger partial charge in [-0.05, 0) is 52.7 Å². The molecule has 1 aromatic carbocycles. The molecule has 3 rings (SSSR count). The zero-order chi connectivity index (χ0) is 19.0. The first kappa shape index (κ1) is 17.7. The molecule has 0 fully saturated rings. The van der Waals surface area contributed by atoms with Gasteiger partial charge in [-0.15, -0.1) is 0 Å². The molecule has 1 aromatic heterocycles. The minimum Gasteiger partial charge on any atom is -0.503 e. The lowest BCUT2D eigenvalue weighted by atomic mass is 9.96. The van der Waals surface area contributed by atoms with E-state index in [0.29, 0.717) is 10.0 Å². The van der Waals surface area contributed by atoms with Crippen LogP contribution in [0.1, 0.15) is 18.5 Å². The second-order valence-corrected chi connectivity index (χ2v) is 6.50. The number of non-ortho nitro benzene ring substituents is 1. The second-order valence-electron chi connectivity index (χ2n) is 5.58. The van der Waals surface area contributed by atoms with E-state index in [-0.39, 0.29) is 17.1 Å². The summed E-state index contributed by atoms with van der Waals surface area (Å²) in [5.74, 6) is -1.64. The molecule has 0 saturated heterocycles. The smallest absolute Gasteiger partial charge is 0.295 e. The Morgan fingerprint density at radius 2 is 1.92 bits per heavy atom. The maximum atomic E-state index is 12.6. The van der Waals surface area contributed by atoms with E-state index in [9.17, 15) is 24.8 Å². The number of aromatic nitrogens is 1. The monoisotopic (exact) mass is 417 g/mol. The second kappa shape index (κ2) is 6.68. The highest BCUT2D eigenvalue weighted by Gasteiger charge is 2.43. The van der Waals surface area contributed by atoms with Gasteiger partial charge in [0, 0.05) is 22.8 Å². The van der Waals surface area contributed by atoms with Crippen molar-refractivity contribution >= 4 is 39.1 Å². The van der Waals surface area contributed by atoms with Gasteiger partial charge in [0.2, 0.25) is 0 Å². The van der Waals surface area contributed by atoms with Crippen LogP contribution in [0.5, 0.6) is 0 Å². The van der Waals surface area contributed by atoms with Crippen molar-refractivity contribution in [2.75, 3.05) is 4.90 Å². The fourth-order valence-corrected chi connectivity index (χ4v) is 3.04. The van der Waals surface area contributed by atoms with Crippen LogP contribution in [-0.2, 0) is 9.59 Å². The lowest BCUT2D eigenvalue weighted by Gasteiger charge is -2.25. The summed E-state index contributed by atoms with van der Waals surface area (Å²) in [5.41, 5.74) is 0.250. The van der Waals surface area contributed by atoms with Gasteiger partial charge in [0.05, 0.1) is 16.5 Å². The van der Waals surface area contributed by atoms with Gasteiger partial charge in [-0.25, -0.2) is 4.98 Å². The fraction of sp³-hybridized carbons (Fsp3) is 0.118. The Balaban J connectivity index is 2.14. The molecule has 1 atom stereocenters. The minimum atomic E-state index is -0.922. The summed E-state index contributed by atoms with van der Waals surface area (Å²) in [7, 11) is 0. The number of Topliss-reactive ketones (excluding diaryl/α,β-unsaturated/α-hetero) is 1. The van der Waals surface area contributed by atoms with Crippen LogP contribution < -0.4 is 4.90 Å². The third-order valence-corrected chi connectivity index (χ3v) is 4.43. The topological polar surface area (TPSA) is 114 Å². The number of nitro groups is 1. The van der Waals surface area contributed by atoms with Crippen LogP contribution in [0.15, 0.2) is 58.4 Å². The Kier molecular flexibility index (Phi) is 4.56. The third-order valence-electron chi connectivity index (χ3n) is 3.97. The van der Waals surface area contributed by atoms with E-state index in [1.54, 1.807) is 12.1 Å². The molecule has 8 nitrogen and oxygen atoms in total. The maximum Gasteiger partial charge on any atom is 0.295 e. The lowest BCUT2D eigenvalue weighted by molar-refractivity contribution is -0.384. The van der Waals surface area contributed by atoms with Gasteiger partial charge in [0.25, 0.3) is 11.6 Å². The lowest BCUT2D eigenvalue weighted by Crippen LogP contribution is -2.31. The van der Waals surface area contributed by atoms with Crippen molar-refractivity contribution < 1.29 is 19.6 Å². The Bertz CT molecular complexity index is 938. The van der Waals surface area contributed by atoms with Crippen LogP contribution in [0, 0.1) is 10.1 Å². The summed E-state index contributed by atoms with van der Waals surface area (Å²) in [6, 6.07) is 7.77. The molecule has 1 amide bonds. The predicted molar refractivity (Wildman–Crippen MR) is 95.6 cm³/mol. The molecule has 132 valence electrons. The number of benzene rings is 1. The minimum absolute atomic E-state index is 0.0754. The van der Waals surface area contributed by atoms with Crippen molar-refractivity contribution in [1.29, 1.82) is 0 Å². The van der Waals surface area contributed by atoms with Crippen LogP contribution in [-0.4, -0.2) is 26.7 Å². The van der Waals surface area contributed by atoms with E-state index in [2.05, 4.69) is 20.9 Å². The van der Waals surface area contributed by atoms with E-state index < -0.39 is 28.4 Å². The molecular formula is C17H12BrN3O5. The third kappa shape index (κ3) is 2.97. The molecule has 0 unspecified atom stereocenters. The van der Waals surface area contributed by atoms with Gasteiger partial charge < -0.3 is 5.11 Å². The van der Waals surface area contributed by atoms with Gasteiger partial charge in [-0.2, -0.15) is 0 Å². The van der Waals surface area contributed by atoms with Crippen LogP contribution in [0.2, 0.25) is 0 Å². The van der Waals surface area contributed by atoms with Crippen molar-refractivity contribution in [3.8, 4) is 0 Å². The zero-order valence-corrected chi connectivity index (χ0v) is 15.0. The highest BCUT2D eigenvalue weighted by Crippen LogP contribution is 2.40. The highest BCUT2D eigenvalue weighted by atomic mass is 79.9. The van der Waals surface area contributed by atoms with E-state index in [1.165, 1.54) is 42.3 Å². The normalized spacial score (nSPS) is 16.9. The number of aliphatic hydroxyl groups excluding tert-OH is 1. The molecule has 0 bridgehead atoms. The van der Waals surface area contributed by atoms with Gasteiger partial charge in [0.1, 0.15) is 5.82 Å². The Labute approximate surface area is 156 Å². The quantitative estimate of drug-likeness (QED) is 0.603. The molecule has 9 heteroatoms. The van der Waals surface area contributed by atoms with Crippen molar-refractivity contribution in [3.05, 3.63) is 74.1 Å². The number of ketones is 1. The van der Waals surface area contributed by atoms with E-state index in [0.717, 1.165) is 0 Å². The van der Waals surface area contributed by atoms with Crippen LogP contribution >= 0.6 is 15.9 Å². The summed E-state index contributed by atoms with van der Waals surface area (Å²) >= 11 is 3.25. The van der Waals surface area contributed by atoms with Crippen LogP contribution in [0.4, 0.5) is 11.5 Å². The molecule has 0 radical (unpaired) electrons. The van der Waals surface area contributed by atoms with Crippen LogP contribution in [0.25, 0.3) is 0 Å². The van der Waals surface area contributed by atoms with Crippen LogP contribution in [0.3, 0.4) is 0 Å². The first-order valence-electron chi connectivity index (χ1n) is 7.44. The summed E-state index contributed by atoms with van der Waals surface area (Å²) in [6.45, 7) is 1.25. The molecule has 1 aliphatic heterocycles. The first-order valence-corrected chi connectivity index (χ1v) is 8.24. The zero-order valence-electron chi connectivity index (χ0n) is 13.4. The number of nitrogens with zero attached hydrogens (tertiary/aromatic N) is 3. The largest absolute Gasteiger partial charge is 0.503 e. The van der Waals surface area contributed by atoms with Crippen molar-refractivity contribution in [2.45, 2.75) is 13.0 Å². The number of anilines is 1. The molecule has 2 aromatic rings. The summed E-state index contributed by atoms with van der Waals surface area (Å²) < 4.78 is 0.698. The van der Waals surface area contributed by atoms with E-state index >= 15 is 0 Å². The number of hydrogen-bond acceptors (Lipinski definition) is 6. The van der Waals surface area contributed by atoms with Crippen molar-refractivity contribution in [1.82, 2.24) is 4.98 Å². The Hall–Kier alpha value is -3.07. The van der Waals surface area contributed by atoms with Gasteiger partial charge in [0.15, 0.2) is 11.5 Å². The number of pyridine rings is 1. The summed E-state index contributed by atoms with van der Waals surface area (Å²) in [4.78, 5) is 40.3. The molecule has 1 N–H and O–H groups in total. The number of amides is 1. The number of halogens is 1. The number of rotatable bonds is 4. The fourth-order valence-electron chi connectivity index (χ4n) is 2.81. The average molecular weight is 418 g/mol. The number of aliphatic hydroxyl groups is 1. The molecular weight excluding hydrogens is 406 g/mol. The van der Waals surface area contributed by atoms with Gasteiger partial charge in [-0.1, -0.05) is 0 Å². The molecule has 26 heavy (non-hydrogen) atoms. The molecule has 2 heterocycles. The van der Waals surface area contributed by atoms with E-state index in [1.807, 2.05) is 0 Å². The summed E-state index contributed by atoms with van der Waals surface area (Å²) in [5, 5.41) is 21.1. The summed E-state index contributed by atoms with van der Waals surface area (Å²) in [6.07, 6.45) is 1.48. The average Bonchev–Trinajstić information content (AvgIpc) is 2.87. The Morgan fingerprint density at radius 1 is 1.27 bits per heavy atom.